The van der Waals surface area contributed by atoms with E-state index in [9.17, 15) is 14.0 Å². The molecule has 1 N–H and O–H groups in total. The molecular weight excluding hydrogens is 303 g/mol. The van der Waals surface area contributed by atoms with Gasteiger partial charge in [0.1, 0.15) is 5.82 Å². The lowest BCUT2D eigenvalue weighted by molar-refractivity contribution is 0.0696. The van der Waals surface area contributed by atoms with Crippen molar-refractivity contribution in [3.63, 3.8) is 0 Å². The van der Waals surface area contributed by atoms with Crippen molar-refractivity contribution in [1.29, 1.82) is 0 Å². The van der Waals surface area contributed by atoms with E-state index in [-0.39, 0.29) is 11.3 Å². The zero-order valence-corrected chi connectivity index (χ0v) is 12.2. The first-order chi connectivity index (χ1) is 10.5. The standard InChI is InChI=1S/C17H11FO3S/c18-13-5-6-15-14(8-13)16(19)12(9-22-15)7-10-1-3-11(4-2-10)17(20)21/h1-8H,9H2,(H,20,21). The molecule has 22 heavy (non-hydrogen) atoms. The molecule has 1 aliphatic heterocycles. The first-order valence-electron chi connectivity index (χ1n) is 6.55. The van der Waals surface area contributed by atoms with Crippen molar-refractivity contribution in [2.24, 2.45) is 0 Å². The highest BCUT2D eigenvalue weighted by Gasteiger charge is 2.22. The molecule has 110 valence electrons. The molecule has 0 amide bonds. The van der Waals surface area contributed by atoms with Gasteiger partial charge in [0.2, 0.25) is 0 Å². The lowest BCUT2D eigenvalue weighted by atomic mass is 10.0. The molecule has 0 aromatic heterocycles. The van der Waals surface area contributed by atoms with Crippen LogP contribution < -0.4 is 0 Å². The van der Waals surface area contributed by atoms with E-state index in [0.717, 1.165) is 10.5 Å². The van der Waals surface area contributed by atoms with Crippen LogP contribution in [0.25, 0.3) is 6.08 Å². The molecule has 0 unspecified atom stereocenters. The Morgan fingerprint density at radius 3 is 2.59 bits per heavy atom. The van der Waals surface area contributed by atoms with Gasteiger partial charge in [-0.05, 0) is 42.0 Å². The topological polar surface area (TPSA) is 54.4 Å². The third kappa shape index (κ3) is 2.80. The number of benzene rings is 2. The minimum absolute atomic E-state index is 0.185. The van der Waals surface area contributed by atoms with E-state index < -0.39 is 11.8 Å². The van der Waals surface area contributed by atoms with E-state index in [1.807, 2.05) is 0 Å². The normalized spacial score (nSPS) is 15.7. The van der Waals surface area contributed by atoms with Gasteiger partial charge in [-0.2, -0.15) is 0 Å². The molecule has 0 radical (unpaired) electrons. The Labute approximate surface area is 130 Å². The number of aromatic carboxylic acids is 1. The van der Waals surface area contributed by atoms with Crippen molar-refractivity contribution in [3.05, 3.63) is 70.5 Å². The van der Waals surface area contributed by atoms with Crippen molar-refractivity contribution in [2.75, 3.05) is 5.75 Å². The molecule has 0 atom stereocenters. The van der Waals surface area contributed by atoms with Crippen molar-refractivity contribution in [1.82, 2.24) is 0 Å². The number of thioether (sulfide) groups is 1. The number of rotatable bonds is 2. The van der Waals surface area contributed by atoms with Gasteiger partial charge in [0.25, 0.3) is 0 Å². The number of hydrogen-bond acceptors (Lipinski definition) is 3. The van der Waals surface area contributed by atoms with Gasteiger partial charge >= 0.3 is 5.97 Å². The van der Waals surface area contributed by atoms with E-state index in [0.29, 0.717) is 16.9 Å². The van der Waals surface area contributed by atoms with E-state index in [1.165, 1.54) is 36.0 Å². The summed E-state index contributed by atoms with van der Waals surface area (Å²) in [6.07, 6.45) is 1.72. The first kappa shape index (κ1) is 14.5. The zero-order valence-electron chi connectivity index (χ0n) is 11.4. The molecule has 0 spiro atoms. The quantitative estimate of drug-likeness (QED) is 0.854. The summed E-state index contributed by atoms with van der Waals surface area (Å²) >= 11 is 1.49. The number of halogens is 1. The van der Waals surface area contributed by atoms with Gasteiger partial charge in [-0.25, -0.2) is 9.18 Å². The second-order valence-corrected chi connectivity index (χ2v) is 5.87. The predicted molar refractivity (Wildman–Crippen MR) is 82.8 cm³/mol. The van der Waals surface area contributed by atoms with E-state index in [1.54, 1.807) is 24.3 Å². The number of Topliss-reactive ketones (excluding diaryl/α,β-unsaturated/α-hetero) is 1. The Bertz CT molecular complexity index is 794. The summed E-state index contributed by atoms with van der Waals surface area (Å²) in [6.45, 7) is 0. The second kappa shape index (κ2) is 5.77. The average Bonchev–Trinajstić information content (AvgIpc) is 2.51. The molecule has 2 aromatic carbocycles. The molecule has 3 nitrogen and oxygen atoms in total. The van der Waals surface area contributed by atoms with Gasteiger partial charge in [-0.3, -0.25) is 4.79 Å². The molecule has 2 aromatic rings. The summed E-state index contributed by atoms with van der Waals surface area (Å²) in [5.41, 5.74) is 1.89. The summed E-state index contributed by atoms with van der Waals surface area (Å²) in [6, 6.07) is 10.5. The van der Waals surface area contributed by atoms with Gasteiger partial charge in [-0.15, -0.1) is 11.8 Å². The van der Waals surface area contributed by atoms with E-state index in [4.69, 9.17) is 5.11 Å². The maximum absolute atomic E-state index is 13.3. The fourth-order valence-corrected chi connectivity index (χ4v) is 3.23. The lowest BCUT2D eigenvalue weighted by Gasteiger charge is -2.16. The van der Waals surface area contributed by atoms with Crippen LogP contribution in [0.15, 0.2) is 52.9 Å². The van der Waals surface area contributed by atoms with Crippen LogP contribution in [-0.4, -0.2) is 22.6 Å². The summed E-state index contributed by atoms with van der Waals surface area (Å²) in [7, 11) is 0. The lowest BCUT2D eigenvalue weighted by Crippen LogP contribution is -2.12. The minimum Gasteiger partial charge on any atom is -0.478 e. The van der Waals surface area contributed by atoms with Crippen LogP contribution >= 0.6 is 11.8 Å². The molecule has 0 saturated heterocycles. The number of carbonyl (C=O) groups excluding carboxylic acids is 1. The van der Waals surface area contributed by atoms with Gasteiger partial charge < -0.3 is 5.11 Å². The van der Waals surface area contributed by atoms with Crippen molar-refractivity contribution < 1.29 is 19.1 Å². The highest BCUT2D eigenvalue weighted by molar-refractivity contribution is 7.99. The summed E-state index contributed by atoms with van der Waals surface area (Å²) < 4.78 is 13.3. The smallest absolute Gasteiger partial charge is 0.335 e. The first-order valence-corrected chi connectivity index (χ1v) is 7.54. The van der Waals surface area contributed by atoms with Crippen LogP contribution in [0.3, 0.4) is 0 Å². The fraction of sp³-hybridized carbons (Fsp3) is 0.0588. The van der Waals surface area contributed by atoms with Gasteiger partial charge in [0.15, 0.2) is 5.78 Å². The summed E-state index contributed by atoms with van der Waals surface area (Å²) in [5, 5.41) is 8.87. The predicted octanol–water partition coefficient (Wildman–Crippen LogP) is 3.90. The number of ketones is 1. The third-order valence-electron chi connectivity index (χ3n) is 3.36. The molecule has 0 fully saturated rings. The molecular formula is C17H11FO3S. The zero-order chi connectivity index (χ0) is 15.7. The molecule has 5 heteroatoms. The molecule has 1 heterocycles. The van der Waals surface area contributed by atoms with Gasteiger partial charge in [0.05, 0.1) is 5.56 Å². The van der Waals surface area contributed by atoms with Crippen LogP contribution in [-0.2, 0) is 0 Å². The van der Waals surface area contributed by atoms with E-state index in [2.05, 4.69) is 0 Å². The Kier molecular flexibility index (Phi) is 3.81. The van der Waals surface area contributed by atoms with Gasteiger partial charge in [0, 0.05) is 21.8 Å². The van der Waals surface area contributed by atoms with Crippen molar-refractivity contribution in [3.8, 4) is 0 Å². The molecule has 0 saturated carbocycles. The van der Waals surface area contributed by atoms with Crippen molar-refractivity contribution in [2.45, 2.75) is 4.90 Å². The van der Waals surface area contributed by atoms with Crippen LogP contribution in [0.2, 0.25) is 0 Å². The highest BCUT2D eigenvalue weighted by Crippen LogP contribution is 2.33. The highest BCUT2D eigenvalue weighted by atomic mass is 32.2. The molecule has 3 rings (SSSR count). The molecule has 0 aliphatic carbocycles. The maximum atomic E-state index is 13.3. The number of fused-ring (bicyclic) bond motifs is 1. The fourth-order valence-electron chi connectivity index (χ4n) is 2.23. The monoisotopic (exact) mass is 314 g/mol. The largest absolute Gasteiger partial charge is 0.478 e. The van der Waals surface area contributed by atoms with E-state index >= 15 is 0 Å². The van der Waals surface area contributed by atoms with Crippen molar-refractivity contribution >= 4 is 29.6 Å². The SMILES string of the molecule is O=C(O)c1ccc(C=C2CSc3ccc(F)cc3C2=O)cc1. The minimum atomic E-state index is -0.993. The average molecular weight is 314 g/mol. The number of carboxylic acid groups (broad SMARTS) is 1. The summed E-state index contributed by atoms with van der Waals surface area (Å²) in [5.74, 6) is -1.10. The Balaban J connectivity index is 1.92. The maximum Gasteiger partial charge on any atom is 0.335 e. The van der Waals surface area contributed by atoms with Crippen LogP contribution in [0, 0.1) is 5.82 Å². The van der Waals surface area contributed by atoms with Crippen LogP contribution in [0.1, 0.15) is 26.3 Å². The van der Waals surface area contributed by atoms with Crippen LogP contribution in [0.4, 0.5) is 4.39 Å². The second-order valence-electron chi connectivity index (χ2n) is 4.86. The molecule has 0 bridgehead atoms. The van der Waals surface area contributed by atoms with Gasteiger partial charge in [-0.1, -0.05) is 12.1 Å². The number of hydrogen-bond donors (Lipinski definition) is 1. The third-order valence-corrected chi connectivity index (χ3v) is 4.48. The van der Waals surface area contributed by atoms with Crippen LogP contribution in [0.5, 0.6) is 0 Å². The Hall–Kier alpha value is -2.40. The number of carbonyl (C=O) groups is 2. The Morgan fingerprint density at radius 1 is 1.18 bits per heavy atom. The number of carboxylic acids is 1. The molecule has 1 aliphatic rings. The summed E-state index contributed by atoms with van der Waals surface area (Å²) in [4.78, 5) is 24.0. The Morgan fingerprint density at radius 2 is 1.91 bits per heavy atom.